The Bertz CT molecular complexity index is 1380. The first kappa shape index (κ1) is 28.6. The summed E-state index contributed by atoms with van der Waals surface area (Å²) in [5, 5.41) is 10.0. The second kappa shape index (κ2) is 12.5. The number of hydrogen-bond acceptors (Lipinski definition) is 10. The van der Waals surface area contributed by atoms with E-state index in [9.17, 15) is 14.9 Å². The lowest BCUT2D eigenvalue weighted by atomic mass is 10.0. The van der Waals surface area contributed by atoms with Crippen LogP contribution in [0.15, 0.2) is 41.6 Å². The summed E-state index contributed by atoms with van der Waals surface area (Å²) < 4.78 is 5.35. The van der Waals surface area contributed by atoms with Gasteiger partial charge in [0, 0.05) is 34.7 Å². The number of ketones is 1. The normalized spacial score (nSPS) is 11.1. The van der Waals surface area contributed by atoms with Crippen LogP contribution in [0.2, 0.25) is 0 Å². The van der Waals surface area contributed by atoms with E-state index < -0.39 is 5.60 Å². The molecule has 3 aromatic rings. The van der Waals surface area contributed by atoms with Crippen molar-refractivity contribution in [3.05, 3.63) is 58.9 Å². The monoisotopic (exact) mass is 532 g/mol. The van der Waals surface area contributed by atoms with E-state index in [1.165, 1.54) is 18.7 Å². The number of nitrogens with two attached hydrogens (primary N) is 2. The number of nitriles is 1. The topological polar surface area (TPSA) is 158 Å². The Morgan fingerprint density at radius 3 is 2.45 bits per heavy atom. The Balaban J connectivity index is 1.67. The van der Waals surface area contributed by atoms with Gasteiger partial charge in [0.05, 0.1) is 11.4 Å². The fraction of sp³-hybridized carbons (Fsp3) is 0.357. The average molecular weight is 533 g/mol. The maximum absolute atomic E-state index is 11.9. The van der Waals surface area contributed by atoms with Crippen molar-refractivity contribution in [3.63, 3.8) is 0 Å². The van der Waals surface area contributed by atoms with E-state index in [0.717, 1.165) is 30.7 Å². The minimum atomic E-state index is -0.471. The molecule has 0 aliphatic heterocycles. The summed E-state index contributed by atoms with van der Waals surface area (Å²) in [5.74, 6) is 0.255. The molecule has 0 unspecified atom stereocenters. The van der Waals surface area contributed by atoms with Crippen molar-refractivity contribution in [2.45, 2.75) is 69.9 Å². The number of anilines is 2. The summed E-state index contributed by atoms with van der Waals surface area (Å²) in [7, 11) is 0. The fourth-order valence-electron chi connectivity index (χ4n) is 3.68. The molecule has 0 saturated carbocycles. The van der Waals surface area contributed by atoms with Gasteiger partial charge in [-0.05, 0) is 71.2 Å². The lowest BCUT2D eigenvalue weighted by Crippen LogP contribution is -2.23. The molecule has 2 aromatic heterocycles. The van der Waals surface area contributed by atoms with Gasteiger partial charge in [0.1, 0.15) is 23.1 Å². The number of carbonyl (C=O) groups is 2. The number of benzene rings is 1. The molecule has 0 fully saturated rings. The number of esters is 1. The number of carbonyl (C=O) groups excluding carboxylic acids is 2. The highest BCUT2D eigenvalue weighted by Gasteiger charge is 2.18. The molecule has 0 spiro atoms. The third-order valence-corrected chi connectivity index (χ3v) is 6.32. The van der Waals surface area contributed by atoms with Gasteiger partial charge in [0.25, 0.3) is 0 Å². The van der Waals surface area contributed by atoms with Gasteiger partial charge in [-0.25, -0.2) is 9.97 Å². The summed E-state index contributed by atoms with van der Waals surface area (Å²) in [4.78, 5) is 37.1. The maximum Gasteiger partial charge on any atom is 0.306 e. The summed E-state index contributed by atoms with van der Waals surface area (Å²) in [5.41, 5.74) is 15.3. The predicted octanol–water partition coefficient (Wildman–Crippen LogP) is 5.12. The van der Waals surface area contributed by atoms with E-state index >= 15 is 0 Å². The van der Waals surface area contributed by atoms with E-state index in [0.29, 0.717) is 39.8 Å². The van der Waals surface area contributed by atoms with E-state index in [1.807, 2.05) is 39.0 Å². The minimum absolute atomic E-state index is 0.0572. The first-order chi connectivity index (χ1) is 18.0. The number of hydrogen-bond donors (Lipinski definition) is 2. The number of aryl methyl sites for hydroxylation is 1. The third-order valence-electron chi connectivity index (χ3n) is 5.44. The Kier molecular flexibility index (Phi) is 9.42. The van der Waals surface area contributed by atoms with Crippen LogP contribution in [-0.2, 0) is 21.7 Å². The molecule has 0 bridgehead atoms. The van der Waals surface area contributed by atoms with Crippen molar-refractivity contribution in [2.75, 3.05) is 11.5 Å². The number of rotatable bonds is 10. The highest BCUT2D eigenvalue weighted by molar-refractivity contribution is 7.98. The second-order valence-electron chi connectivity index (χ2n) is 9.79. The first-order valence-corrected chi connectivity index (χ1v) is 13.2. The number of nitrogen functional groups attached to an aromatic ring is 2. The molecule has 3 rings (SSSR count). The molecule has 0 atom stereocenters. The molecule has 1 aromatic carbocycles. The zero-order valence-electron chi connectivity index (χ0n) is 22.1. The Hall–Kier alpha value is -3.97. The van der Waals surface area contributed by atoms with Crippen molar-refractivity contribution in [2.24, 2.45) is 0 Å². The van der Waals surface area contributed by atoms with Crippen molar-refractivity contribution >= 4 is 35.0 Å². The molecular weight excluding hydrogens is 500 g/mol. The van der Waals surface area contributed by atoms with Crippen LogP contribution in [0.4, 0.5) is 11.5 Å². The van der Waals surface area contributed by atoms with Crippen LogP contribution in [0, 0.1) is 11.3 Å². The van der Waals surface area contributed by atoms with Crippen LogP contribution in [-0.4, -0.2) is 32.3 Å². The van der Waals surface area contributed by atoms with Gasteiger partial charge >= 0.3 is 5.97 Å². The van der Waals surface area contributed by atoms with Gasteiger partial charge in [0.15, 0.2) is 10.9 Å². The zero-order chi connectivity index (χ0) is 27.9. The number of aromatic nitrogens is 3. The summed E-state index contributed by atoms with van der Waals surface area (Å²) in [6.45, 7) is 7.04. The van der Waals surface area contributed by atoms with Crippen LogP contribution in [0.25, 0.3) is 11.3 Å². The quantitative estimate of drug-likeness (QED) is 0.0895. The number of pyridine rings is 1. The summed E-state index contributed by atoms with van der Waals surface area (Å²) in [6, 6.07) is 12.8. The standard InChI is InChI=1S/C28H32N6O3S/c1-17(35)18-12-13-21(23(30)14-18)25-22(15-29)26(31)34-27(33-25)38-16-20-10-7-9-19(32-20)8-5-6-11-24(36)37-28(2,3)4/h7,9-10,12-14H,5-6,8,11,16,30H2,1-4H3,(H2,31,33,34). The fourth-order valence-corrected chi connectivity index (χ4v) is 4.44. The van der Waals surface area contributed by atoms with E-state index in [1.54, 1.807) is 18.2 Å². The van der Waals surface area contributed by atoms with Crippen molar-refractivity contribution in [3.8, 4) is 17.3 Å². The molecule has 9 nitrogen and oxygen atoms in total. The Labute approximate surface area is 227 Å². The molecular formula is C28H32N6O3S. The maximum atomic E-state index is 11.9. The smallest absolute Gasteiger partial charge is 0.306 e. The lowest BCUT2D eigenvalue weighted by Gasteiger charge is -2.19. The first-order valence-electron chi connectivity index (χ1n) is 12.2. The lowest BCUT2D eigenvalue weighted by molar-refractivity contribution is -0.154. The van der Waals surface area contributed by atoms with Crippen LogP contribution in [0.5, 0.6) is 0 Å². The molecule has 10 heteroatoms. The van der Waals surface area contributed by atoms with Gasteiger partial charge in [-0.15, -0.1) is 0 Å². The Morgan fingerprint density at radius 1 is 1.05 bits per heavy atom. The van der Waals surface area contributed by atoms with Gasteiger partial charge < -0.3 is 16.2 Å². The highest BCUT2D eigenvalue weighted by Crippen LogP contribution is 2.32. The third kappa shape index (κ3) is 8.02. The average Bonchev–Trinajstić information content (AvgIpc) is 2.84. The van der Waals surface area contributed by atoms with E-state index in [2.05, 4.69) is 16.0 Å². The number of unbranched alkanes of at least 4 members (excludes halogenated alkanes) is 1. The Morgan fingerprint density at radius 2 is 1.79 bits per heavy atom. The van der Waals surface area contributed by atoms with Crippen LogP contribution in [0.3, 0.4) is 0 Å². The summed E-state index contributed by atoms with van der Waals surface area (Å²) >= 11 is 1.35. The van der Waals surface area contributed by atoms with Gasteiger partial charge in [0.2, 0.25) is 0 Å². The SMILES string of the molecule is CC(=O)c1ccc(-c2nc(SCc3cccc(CCCCC(=O)OC(C)(C)C)n3)nc(N)c2C#N)c(N)c1. The zero-order valence-corrected chi connectivity index (χ0v) is 22.9. The molecule has 0 aliphatic rings. The van der Waals surface area contributed by atoms with Gasteiger partial charge in [-0.1, -0.05) is 23.9 Å². The number of ether oxygens (including phenoxy) is 1. The molecule has 0 saturated heterocycles. The van der Waals surface area contributed by atoms with Crippen molar-refractivity contribution < 1.29 is 14.3 Å². The molecule has 198 valence electrons. The molecule has 2 heterocycles. The largest absolute Gasteiger partial charge is 0.460 e. The van der Waals surface area contributed by atoms with E-state index in [4.69, 9.17) is 21.2 Å². The molecule has 4 N–H and O–H groups in total. The minimum Gasteiger partial charge on any atom is -0.460 e. The molecule has 38 heavy (non-hydrogen) atoms. The van der Waals surface area contributed by atoms with Crippen molar-refractivity contribution in [1.29, 1.82) is 5.26 Å². The molecule has 0 aliphatic carbocycles. The molecule has 0 radical (unpaired) electrons. The number of nitrogens with zero attached hydrogens (tertiary/aromatic N) is 4. The highest BCUT2D eigenvalue weighted by atomic mass is 32.2. The number of Topliss-reactive ketones (excluding diaryl/α,β-unsaturated/α-hetero) is 1. The number of thioether (sulfide) groups is 1. The molecule has 0 amide bonds. The summed E-state index contributed by atoms with van der Waals surface area (Å²) in [6.07, 6.45) is 2.69. The van der Waals surface area contributed by atoms with E-state index in [-0.39, 0.29) is 23.1 Å². The van der Waals surface area contributed by atoms with Gasteiger partial charge in [-0.3, -0.25) is 14.6 Å². The predicted molar refractivity (Wildman–Crippen MR) is 148 cm³/mol. The van der Waals surface area contributed by atoms with Crippen LogP contribution < -0.4 is 11.5 Å². The van der Waals surface area contributed by atoms with Crippen molar-refractivity contribution in [1.82, 2.24) is 15.0 Å². The van der Waals surface area contributed by atoms with Crippen LogP contribution in [0.1, 0.15) is 74.3 Å². The van der Waals surface area contributed by atoms with Crippen LogP contribution >= 0.6 is 11.8 Å². The second-order valence-corrected chi connectivity index (χ2v) is 10.7. The van der Waals surface area contributed by atoms with Gasteiger partial charge in [-0.2, -0.15) is 5.26 Å².